The number of aryl methyl sites for hydroxylation is 1. The molecular formula is C18H19NO2. The molecule has 21 heavy (non-hydrogen) atoms. The molecule has 0 saturated carbocycles. The van der Waals surface area contributed by atoms with Gasteiger partial charge in [-0.05, 0) is 43.2 Å². The van der Waals surface area contributed by atoms with Gasteiger partial charge in [-0.1, -0.05) is 25.1 Å². The van der Waals surface area contributed by atoms with Crippen LogP contribution in [0.25, 0.3) is 6.08 Å². The maximum atomic E-state index is 12.3. The number of benzene rings is 1. The number of allylic oxidation sites excluding steroid dienone is 1. The lowest BCUT2D eigenvalue weighted by molar-refractivity contribution is 0.104. The molecule has 0 N–H and O–H groups in total. The first kappa shape index (κ1) is 15.0. The minimum atomic E-state index is -0.0134. The maximum absolute atomic E-state index is 12.3. The van der Waals surface area contributed by atoms with Gasteiger partial charge in [0.25, 0.3) is 0 Å². The van der Waals surface area contributed by atoms with E-state index in [1.54, 1.807) is 30.6 Å². The molecule has 2 aromatic rings. The van der Waals surface area contributed by atoms with E-state index in [0.717, 1.165) is 23.3 Å². The Labute approximate surface area is 125 Å². The van der Waals surface area contributed by atoms with E-state index in [1.807, 2.05) is 38.1 Å². The fourth-order valence-electron chi connectivity index (χ4n) is 2.11. The fraction of sp³-hybridized carbons (Fsp3) is 0.222. The second kappa shape index (κ2) is 7.39. The van der Waals surface area contributed by atoms with E-state index in [9.17, 15) is 4.79 Å². The SMILES string of the molecule is CCOc1ccccc1C=CC(=O)c1ccncc1CC. The van der Waals surface area contributed by atoms with Gasteiger partial charge in [0.15, 0.2) is 5.78 Å². The number of carbonyl (C=O) groups is 1. The summed E-state index contributed by atoms with van der Waals surface area (Å²) in [6.07, 6.45) is 7.57. The summed E-state index contributed by atoms with van der Waals surface area (Å²) in [6.45, 7) is 4.56. The van der Waals surface area contributed by atoms with Crippen LogP contribution in [0.4, 0.5) is 0 Å². The molecule has 0 bridgehead atoms. The summed E-state index contributed by atoms with van der Waals surface area (Å²) in [5, 5.41) is 0. The normalized spacial score (nSPS) is 10.8. The van der Waals surface area contributed by atoms with E-state index in [4.69, 9.17) is 4.74 Å². The molecule has 0 fully saturated rings. The number of hydrogen-bond donors (Lipinski definition) is 0. The number of ketones is 1. The van der Waals surface area contributed by atoms with Crippen LogP contribution >= 0.6 is 0 Å². The van der Waals surface area contributed by atoms with E-state index in [-0.39, 0.29) is 5.78 Å². The van der Waals surface area contributed by atoms with Gasteiger partial charge >= 0.3 is 0 Å². The molecule has 2 rings (SSSR count). The summed E-state index contributed by atoms with van der Waals surface area (Å²) in [5.41, 5.74) is 2.57. The van der Waals surface area contributed by atoms with Crippen molar-refractivity contribution in [2.45, 2.75) is 20.3 Å². The van der Waals surface area contributed by atoms with Crippen molar-refractivity contribution in [1.82, 2.24) is 4.98 Å². The topological polar surface area (TPSA) is 39.2 Å². The van der Waals surface area contributed by atoms with Crippen LogP contribution in [0.5, 0.6) is 5.75 Å². The van der Waals surface area contributed by atoms with Crippen LogP contribution < -0.4 is 4.74 Å². The third-order valence-electron chi connectivity index (χ3n) is 3.18. The Hall–Kier alpha value is -2.42. The molecule has 3 heteroatoms. The van der Waals surface area contributed by atoms with Gasteiger partial charge in [-0.2, -0.15) is 0 Å². The number of nitrogens with zero attached hydrogens (tertiary/aromatic N) is 1. The second-order valence-corrected chi connectivity index (χ2v) is 4.55. The molecule has 0 aliphatic heterocycles. The number of hydrogen-bond acceptors (Lipinski definition) is 3. The molecule has 0 atom stereocenters. The molecule has 1 aromatic carbocycles. The van der Waals surface area contributed by atoms with Crippen molar-refractivity contribution in [2.24, 2.45) is 0 Å². The quantitative estimate of drug-likeness (QED) is 0.594. The molecule has 0 saturated heterocycles. The van der Waals surface area contributed by atoms with Crippen LogP contribution in [-0.4, -0.2) is 17.4 Å². The number of aromatic nitrogens is 1. The Morgan fingerprint density at radius 2 is 2.05 bits per heavy atom. The lowest BCUT2D eigenvalue weighted by atomic mass is 10.0. The number of rotatable bonds is 6. The number of pyridine rings is 1. The Kier molecular flexibility index (Phi) is 5.27. The Morgan fingerprint density at radius 1 is 1.24 bits per heavy atom. The third-order valence-corrected chi connectivity index (χ3v) is 3.18. The van der Waals surface area contributed by atoms with Gasteiger partial charge < -0.3 is 4.74 Å². The van der Waals surface area contributed by atoms with Crippen molar-refractivity contribution in [3.8, 4) is 5.75 Å². The summed E-state index contributed by atoms with van der Waals surface area (Å²) in [5.74, 6) is 0.773. The highest BCUT2D eigenvalue weighted by Crippen LogP contribution is 2.20. The molecule has 0 unspecified atom stereocenters. The molecule has 0 amide bonds. The lowest BCUT2D eigenvalue weighted by Gasteiger charge is -2.06. The van der Waals surface area contributed by atoms with Gasteiger partial charge in [0, 0.05) is 23.5 Å². The molecule has 1 aromatic heterocycles. The predicted molar refractivity (Wildman–Crippen MR) is 84.6 cm³/mol. The van der Waals surface area contributed by atoms with Crippen LogP contribution in [0.3, 0.4) is 0 Å². The highest BCUT2D eigenvalue weighted by atomic mass is 16.5. The molecular weight excluding hydrogens is 262 g/mol. The summed E-state index contributed by atoms with van der Waals surface area (Å²) >= 11 is 0. The smallest absolute Gasteiger partial charge is 0.186 e. The van der Waals surface area contributed by atoms with Gasteiger partial charge in [0.2, 0.25) is 0 Å². The van der Waals surface area contributed by atoms with Crippen LogP contribution in [0.15, 0.2) is 48.8 Å². The molecule has 3 nitrogen and oxygen atoms in total. The van der Waals surface area contributed by atoms with E-state index in [2.05, 4.69) is 4.98 Å². The van der Waals surface area contributed by atoms with Crippen molar-refractivity contribution in [3.05, 3.63) is 65.5 Å². The highest BCUT2D eigenvalue weighted by molar-refractivity contribution is 6.07. The highest BCUT2D eigenvalue weighted by Gasteiger charge is 2.07. The molecule has 108 valence electrons. The number of carbonyl (C=O) groups excluding carboxylic acids is 1. The maximum Gasteiger partial charge on any atom is 0.186 e. The van der Waals surface area contributed by atoms with Crippen LogP contribution in [0.2, 0.25) is 0 Å². The summed E-state index contributed by atoms with van der Waals surface area (Å²) in [6, 6.07) is 9.44. The van der Waals surface area contributed by atoms with E-state index in [0.29, 0.717) is 12.2 Å². The first-order valence-corrected chi connectivity index (χ1v) is 7.13. The molecule has 0 spiro atoms. The molecule has 0 radical (unpaired) electrons. The van der Waals surface area contributed by atoms with Crippen molar-refractivity contribution in [3.63, 3.8) is 0 Å². The van der Waals surface area contributed by atoms with Crippen molar-refractivity contribution >= 4 is 11.9 Å². The van der Waals surface area contributed by atoms with Gasteiger partial charge in [-0.3, -0.25) is 9.78 Å². The van der Waals surface area contributed by atoms with Crippen molar-refractivity contribution < 1.29 is 9.53 Å². The van der Waals surface area contributed by atoms with Gasteiger partial charge in [-0.25, -0.2) is 0 Å². The minimum absolute atomic E-state index is 0.0134. The van der Waals surface area contributed by atoms with Crippen molar-refractivity contribution in [1.29, 1.82) is 0 Å². The summed E-state index contributed by atoms with van der Waals surface area (Å²) in [7, 11) is 0. The molecule has 0 aliphatic rings. The first-order chi connectivity index (χ1) is 10.3. The zero-order valence-electron chi connectivity index (χ0n) is 12.4. The van der Waals surface area contributed by atoms with Crippen LogP contribution in [-0.2, 0) is 6.42 Å². The predicted octanol–water partition coefficient (Wildman–Crippen LogP) is 3.94. The summed E-state index contributed by atoms with van der Waals surface area (Å²) in [4.78, 5) is 16.4. The Balaban J connectivity index is 2.23. The minimum Gasteiger partial charge on any atom is -0.493 e. The largest absolute Gasteiger partial charge is 0.493 e. The van der Waals surface area contributed by atoms with Gasteiger partial charge in [0.05, 0.1) is 6.61 Å². The molecule has 0 aliphatic carbocycles. The second-order valence-electron chi connectivity index (χ2n) is 4.55. The Morgan fingerprint density at radius 3 is 2.81 bits per heavy atom. The van der Waals surface area contributed by atoms with E-state index in [1.165, 1.54) is 0 Å². The van der Waals surface area contributed by atoms with Crippen LogP contribution in [0.1, 0.15) is 35.3 Å². The zero-order chi connectivity index (χ0) is 15.1. The van der Waals surface area contributed by atoms with Crippen LogP contribution in [0, 0.1) is 0 Å². The third kappa shape index (κ3) is 3.78. The van der Waals surface area contributed by atoms with Gasteiger partial charge in [0.1, 0.15) is 5.75 Å². The lowest BCUT2D eigenvalue weighted by Crippen LogP contribution is -2.00. The average molecular weight is 281 g/mol. The first-order valence-electron chi connectivity index (χ1n) is 7.13. The Bertz CT molecular complexity index is 647. The zero-order valence-corrected chi connectivity index (χ0v) is 12.4. The number of para-hydroxylation sites is 1. The summed E-state index contributed by atoms with van der Waals surface area (Å²) < 4.78 is 5.55. The van der Waals surface area contributed by atoms with Gasteiger partial charge in [-0.15, -0.1) is 0 Å². The average Bonchev–Trinajstić information content (AvgIpc) is 2.54. The standard InChI is InChI=1S/C18H19NO2/c1-3-14-13-19-12-11-16(14)17(20)10-9-15-7-5-6-8-18(15)21-4-2/h5-13H,3-4H2,1-2H3. The number of ether oxygens (including phenoxy) is 1. The fourth-order valence-corrected chi connectivity index (χ4v) is 2.11. The van der Waals surface area contributed by atoms with E-state index < -0.39 is 0 Å². The molecule has 1 heterocycles. The van der Waals surface area contributed by atoms with E-state index >= 15 is 0 Å². The monoisotopic (exact) mass is 281 g/mol. The van der Waals surface area contributed by atoms with Crippen molar-refractivity contribution in [2.75, 3.05) is 6.61 Å².